The Morgan fingerprint density at radius 2 is 1.79 bits per heavy atom. The molecular weight excluding hydrogens is 283 g/mol. The number of hydrogen-bond donors (Lipinski definition) is 0. The van der Waals surface area contributed by atoms with E-state index in [2.05, 4.69) is 0 Å². The number of rotatable bonds is 4. The summed E-state index contributed by atoms with van der Waals surface area (Å²) in [7, 11) is 1.64. The lowest BCUT2D eigenvalue weighted by molar-refractivity contribution is 0.303. The van der Waals surface area contributed by atoms with Crippen LogP contribution in [0.3, 0.4) is 0 Å². The van der Waals surface area contributed by atoms with Gasteiger partial charge in [0, 0.05) is 6.07 Å². The van der Waals surface area contributed by atoms with Crippen LogP contribution in [-0.2, 0) is 6.61 Å². The Kier molecular flexibility index (Phi) is 4.56. The molecule has 2 aromatic rings. The normalized spacial score (nSPS) is 10.3. The van der Waals surface area contributed by atoms with Gasteiger partial charge in [-0.2, -0.15) is 0 Å². The average molecular weight is 297 g/mol. The molecule has 0 saturated heterocycles. The van der Waals surface area contributed by atoms with E-state index in [4.69, 9.17) is 32.7 Å². The largest absolute Gasteiger partial charge is 0.496 e. The summed E-state index contributed by atoms with van der Waals surface area (Å²) in [6.45, 7) is 2.42. The van der Waals surface area contributed by atoms with Crippen LogP contribution in [0.4, 0.5) is 0 Å². The van der Waals surface area contributed by atoms with Gasteiger partial charge >= 0.3 is 0 Å². The molecule has 0 atom stereocenters. The van der Waals surface area contributed by atoms with E-state index < -0.39 is 0 Å². The number of ether oxygens (including phenoxy) is 2. The van der Waals surface area contributed by atoms with Gasteiger partial charge in [0.15, 0.2) is 0 Å². The van der Waals surface area contributed by atoms with Gasteiger partial charge in [-0.3, -0.25) is 0 Å². The molecule has 0 aromatic heterocycles. The second kappa shape index (κ2) is 6.18. The third-order valence-electron chi connectivity index (χ3n) is 2.77. The second-order valence-corrected chi connectivity index (χ2v) is 4.98. The predicted octanol–water partition coefficient (Wildman–Crippen LogP) is 4.89. The minimum Gasteiger partial charge on any atom is -0.496 e. The predicted molar refractivity (Wildman–Crippen MR) is 78.5 cm³/mol. The molecule has 0 aliphatic rings. The molecule has 0 N–H and O–H groups in total. The van der Waals surface area contributed by atoms with Crippen molar-refractivity contribution in [3.05, 3.63) is 57.6 Å². The SMILES string of the molecule is COc1cc(OCc2ccc(Cl)c(Cl)c2)ccc1C. The molecule has 2 rings (SSSR count). The summed E-state index contributed by atoms with van der Waals surface area (Å²) in [4.78, 5) is 0. The van der Waals surface area contributed by atoms with Crippen LogP contribution in [-0.4, -0.2) is 7.11 Å². The highest BCUT2D eigenvalue weighted by Gasteiger charge is 2.03. The van der Waals surface area contributed by atoms with Crippen molar-refractivity contribution in [3.8, 4) is 11.5 Å². The lowest BCUT2D eigenvalue weighted by Gasteiger charge is -2.10. The van der Waals surface area contributed by atoms with Crippen molar-refractivity contribution in [1.82, 2.24) is 0 Å². The first-order valence-electron chi connectivity index (χ1n) is 5.81. The molecule has 0 fully saturated rings. The van der Waals surface area contributed by atoms with Gasteiger partial charge in [0.05, 0.1) is 17.2 Å². The molecule has 0 bridgehead atoms. The Balaban J connectivity index is 2.07. The fourth-order valence-electron chi connectivity index (χ4n) is 1.69. The zero-order chi connectivity index (χ0) is 13.8. The number of halogens is 2. The minimum atomic E-state index is 0.434. The topological polar surface area (TPSA) is 18.5 Å². The van der Waals surface area contributed by atoms with E-state index in [9.17, 15) is 0 Å². The van der Waals surface area contributed by atoms with Crippen molar-refractivity contribution < 1.29 is 9.47 Å². The number of methoxy groups -OCH3 is 1. The van der Waals surface area contributed by atoms with Crippen molar-refractivity contribution >= 4 is 23.2 Å². The molecular formula is C15H14Cl2O2. The third-order valence-corrected chi connectivity index (χ3v) is 3.51. The van der Waals surface area contributed by atoms with Crippen LogP contribution in [0.15, 0.2) is 36.4 Å². The minimum absolute atomic E-state index is 0.434. The highest BCUT2D eigenvalue weighted by atomic mass is 35.5. The van der Waals surface area contributed by atoms with Crippen molar-refractivity contribution in [2.45, 2.75) is 13.5 Å². The molecule has 0 saturated carbocycles. The quantitative estimate of drug-likeness (QED) is 0.800. The Labute approximate surface area is 122 Å². The zero-order valence-corrected chi connectivity index (χ0v) is 12.3. The van der Waals surface area contributed by atoms with Gasteiger partial charge in [-0.25, -0.2) is 0 Å². The van der Waals surface area contributed by atoms with E-state index in [1.54, 1.807) is 19.2 Å². The van der Waals surface area contributed by atoms with E-state index in [1.807, 2.05) is 31.2 Å². The molecule has 0 amide bonds. The van der Waals surface area contributed by atoms with Gasteiger partial charge in [0.25, 0.3) is 0 Å². The van der Waals surface area contributed by atoms with E-state index in [0.29, 0.717) is 16.7 Å². The van der Waals surface area contributed by atoms with Crippen molar-refractivity contribution in [2.75, 3.05) is 7.11 Å². The highest BCUT2D eigenvalue weighted by molar-refractivity contribution is 6.42. The zero-order valence-electron chi connectivity index (χ0n) is 10.7. The van der Waals surface area contributed by atoms with Crippen LogP contribution < -0.4 is 9.47 Å². The number of benzene rings is 2. The van der Waals surface area contributed by atoms with Crippen LogP contribution in [0, 0.1) is 6.92 Å². The third kappa shape index (κ3) is 3.55. The molecule has 19 heavy (non-hydrogen) atoms. The maximum absolute atomic E-state index is 5.96. The lowest BCUT2D eigenvalue weighted by atomic mass is 10.2. The molecule has 2 aromatic carbocycles. The van der Waals surface area contributed by atoms with Crippen LogP contribution in [0.1, 0.15) is 11.1 Å². The molecule has 0 aliphatic heterocycles. The van der Waals surface area contributed by atoms with E-state index in [-0.39, 0.29) is 0 Å². The van der Waals surface area contributed by atoms with Gasteiger partial charge in [-0.05, 0) is 36.2 Å². The van der Waals surface area contributed by atoms with Gasteiger partial charge in [0.2, 0.25) is 0 Å². The average Bonchev–Trinajstić information content (AvgIpc) is 2.41. The first kappa shape index (κ1) is 14.0. The summed E-state index contributed by atoms with van der Waals surface area (Å²) in [5.74, 6) is 1.57. The molecule has 100 valence electrons. The molecule has 2 nitrogen and oxygen atoms in total. The molecule has 4 heteroatoms. The van der Waals surface area contributed by atoms with E-state index in [0.717, 1.165) is 22.6 Å². The fraction of sp³-hybridized carbons (Fsp3) is 0.200. The smallest absolute Gasteiger partial charge is 0.125 e. The first-order valence-corrected chi connectivity index (χ1v) is 6.57. The Bertz CT molecular complexity index is 582. The summed E-state index contributed by atoms with van der Waals surface area (Å²) < 4.78 is 11.0. The van der Waals surface area contributed by atoms with Gasteiger partial charge < -0.3 is 9.47 Å². The number of hydrogen-bond acceptors (Lipinski definition) is 2. The molecule has 0 spiro atoms. The fourth-order valence-corrected chi connectivity index (χ4v) is 2.01. The van der Waals surface area contributed by atoms with Crippen LogP contribution in [0.5, 0.6) is 11.5 Å². The van der Waals surface area contributed by atoms with Crippen LogP contribution >= 0.6 is 23.2 Å². The van der Waals surface area contributed by atoms with Crippen molar-refractivity contribution in [3.63, 3.8) is 0 Å². The highest BCUT2D eigenvalue weighted by Crippen LogP contribution is 2.26. The summed E-state index contributed by atoms with van der Waals surface area (Å²) in [6, 6.07) is 11.2. The summed E-state index contributed by atoms with van der Waals surface area (Å²) in [5.41, 5.74) is 2.04. The molecule has 0 heterocycles. The van der Waals surface area contributed by atoms with Crippen molar-refractivity contribution in [2.24, 2.45) is 0 Å². The summed E-state index contributed by atoms with van der Waals surface area (Å²) in [6.07, 6.45) is 0. The summed E-state index contributed by atoms with van der Waals surface area (Å²) in [5, 5.41) is 1.08. The van der Waals surface area contributed by atoms with E-state index >= 15 is 0 Å². The monoisotopic (exact) mass is 296 g/mol. The molecule has 0 unspecified atom stereocenters. The van der Waals surface area contributed by atoms with Crippen molar-refractivity contribution in [1.29, 1.82) is 0 Å². The maximum Gasteiger partial charge on any atom is 0.125 e. The maximum atomic E-state index is 5.96. The van der Waals surface area contributed by atoms with E-state index in [1.165, 1.54) is 0 Å². The standard InChI is InChI=1S/C15H14Cl2O2/c1-10-3-5-12(8-15(10)18-2)19-9-11-4-6-13(16)14(17)7-11/h3-8H,9H2,1-2H3. The Morgan fingerprint density at radius 1 is 1.00 bits per heavy atom. The van der Waals surface area contributed by atoms with Gasteiger partial charge in [-0.1, -0.05) is 35.3 Å². The number of aryl methyl sites for hydroxylation is 1. The lowest BCUT2D eigenvalue weighted by Crippen LogP contribution is -1.96. The Morgan fingerprint density at radius 3 is 2.47 bits per heavy atom. The van der Waals surface area contributed by atoms with Gasteiger partial charge in [0.1, 0.15) is 18.1 Å². The van der Waals surface area contributed by atoms with Gasteiger partial charge in [-0.15, -0.1) is 0 Å². The summed E-state index contributed by atoms with van der Waals surface area (Å²) >= 11 is 11.8. The van der Waals surface area contributed by atoms with Crippen LogP contribution in [0.25, 0.3) is 0 Å². The Hall–Kier alpha value is -1.38. The van der Waals surface area contributed by atoms with Crippen LogP contribution in [0.2, 0.25) is 10.0 Å². The molecule has 0 aliphatic carbocycles. The first-order chi connectivity index (χ1) is 9.10. The molecule has 0 radical (unpaired) electrons. The second-order valence-electron chi connectivity index (χ2n) is 4.17.